The molecule has 0 N–H and O–H groups in total. The van der Waals surface area contributed by atoms with E-state index in [1.165, 1.54) is 44.2 Å². The lowest BCUT2D eigenvalue weighted by molar-refractivity contribution is -0.167. The summed E-state index contributed by atoms with van der Waals surface area (Å²) < 4.78 is 20.6. The molecule has 0 bridgehead atoms. The third kappa shape index (κ3) is 10.1. The van der Waals surface area contributed by atoms with E-state index in [0.29, 0.717) is 18.4 Å². The van der Waals surface area contributed by atoms with Crippen LogP contribution in [0.5, 0.6) is 0 Å². The molecule has 6 heteroatoms. The minimum absolute atomic E-state index is 0.0384. The number of halogens is 2. The summed E-state index contributed by atoms with van der Waals surface area (Å²) in [4.78, 5) is 28.0. The number of esters is 1. The molecule has 230 valence electrons. The van der Waals surface area contributed by atoms with Gasteiger partial charge in [-0.2, -0.15) is 0 Å². The van der Waals surface area contributed by atoms with Crippen molar-refractivity contribution in [1.29, 1.82) is 0 Å². The molecule has 0 aliphatic carbocycles. The largest absolute Gasteiger partial charge is 0.454 e. The van der Waals surface area contributed by atoms with Crippen LogP contribution in [0.15, 0.2) is 77.3 Å². The van der Waals surface area contributed by atoms with E-state index < -0.39 is 5.60 Å². The first-order valence-electron chi connectivity index (χ1n) is 16.0. The number of unbranched alkanes of at least 4 members (excludes halogenated alkanes) is 6. The maximum atomic E-state index is 13.2. The molecule has 1 aliphatic rings. The molecule has 43 heavy (non-hydrogen) atoms. The predicted octanol–water partition coefficient (Wildman–Crippen LogP) is 9.89. The highest BCUT2D eigenvalue weighted by molar-refractivity contribution is 9.10. The van der Waals surface area contributed by atoms with Gasteiger partial charge in [0, 0.05) is 48.8 Å². The molecule has 1 fully saturated rings. The lowest BCUT2D eigenvalue weighted by Crippen LogP contribution is -2.45. The standard InChI is InChI=1S/C37H45BrFNO3/c1-2-3-4-5-6-7-8-11-36(42)43-37(32-18-12-29(13-19-32)30-14-20-33(38)21-15-30)24-27-40(28-25-37)26-9-10-35(41)31-16-22-34(39)23-17-31/h12-23H,2-11,24-28H2,1H3. The monoisotopic (exact) mass is 649 g/mol. The number of nitrogens with zero attached hydrogens (tertiary/aromatic N) is 1. The first-order chi connectivity index (χ1) is 20.9. The molecular weight excluding hydrogens is 605 g/mol. The molecule has 1 aliphatic heterocycles. The number of piperidine rings is 1. The maximum Gasteiger partial charge on any atom is 0.306 e. The molecule has 1 heterocycles. The maximum absolute atomic E-state index is 13.2. The van der Waals surface area contributed by atoms with Gasteiger partial charge in [0.05, 0.1) is 0 Å². The Bertz CT molecular complexity index is 1280. The molecule has 4 rings (SSSR count). The molecule has 0 spiro atoms. The summed E-state index contributed by atoms with van der Waals surface area (Å²) in [6.45, 7) is 4.62. The van der Waals surface area contributed by atoms with Gasteiger partial charge in [-0.15, -0.1) is 0 Å². The lowest BCUT2D eigenvalue weighted by atomic mass is 9.83. The van der Waals surface area contributed by atoms with Gasteiger partial charge in [0.25, 0.3) is 0 Å². The van der Waals surface area contributed by atoms with Crippen molar-refractivity contribution in [3.05, 3.63) is 94.2 Å². The summed E-state index contributed by atoms with van der Waals surface area (Å²) in [6.07, 6.45) is 11.2. The Morgan fingerprint density at radius 2 is 1.35 bits per heavy atom. The summed E-state index contributed by atoms with van der Waals surface area (Å²) in [5, 5.41) is 0. The molecule has 0 atom stereocenters. The average Bonchev–Trinajstić information content (AvgIpc) is 3.02. The SMILES string of the molecule is CCCCCCCCCC(=O)OC1(c2ccc(-c3ccc(Br)cc3)cc2)CCN(CCCC(=O)c2ccc(F)cc2)CC1. The van der Waals surface area contributed by atoms with E-state index >= 15 is 0 Å². The van der Waals surface area contributed by atoms with Gasteiger partial charge in [-0.25, -0.2) is 4.39 Å². The van der Waals surface area contributed by atoms with E-state index in [4.69, 9.17) is 4.74 Å². The molecular formula is C37H45BrFNO3. The van der Waals surface area contributed by atoms with Gasteiger partial charge in [0.1, 0.15) is 11.4 Å². The number of carbonyl (C=O) groups excluding carboxylic acids is 2. The van der Waals surface area contributed by atoms with E-state index in [1.807, 2.05) is 12.1 Å². The average molecular weight is 651 g/mol. The number of rotatable bonds is 16. The normalized spacial score (nSPS) is 14.9. The Morgan fingerprint density at radius 1 is 0.767 bits per heavy atom. The molecule has 3 aromatic carbocycles. The lowest BCUT2D eigenvalue weighted by Gasteiger charge is -2.41. The fraction of sp³-hybridized carbons (Fsp3) is 0.459. The molecule has 0 aromatic heterocycles. The van der Waals surface area contributed by atoms with Crippen LogP contribution in [0.1, 0.15) is 99.9 Å². The summed E-state index contributed by atoms with van der Waals surface area (Å²) in [6, 6.07) is 22.5. The van der Waals surface area contributed by atoms with Crippen LogP contribution in [0.3, 0.4) is 0 Å². The Hall–Kier alpha value is -2.83. The summed E-state index contributed by atoms with van der Waals surface area (Å²) in [7, 11) is 0. The Kier molecular flexibility index (Phi) is 13.0. The number of Topliss-reactive ketones (excluding diaryl/α,β-unsaturated/α-hetero) is 1. The molecule has 4 nitrogen and oxygen atoms in total. The van der Waals surface area contributed by atoms with Crippen molar-refractivity contribution < 1.29 is 18.7 Å². The van der Waals surface area contributed by atoms with E-state index in [-0.39, 0.29) is 17.6 Å². The van der Waals surface area contributed by atoms with E-state index in [1.54, 1.807) is 12.1 Å². The number of ketones is 1. The van der Waals surface area contributed by atoms with Crippen LogP contribution in [0, 0.1) is 5.82 Å². The van der Waals surface area contributed by atoms with Crippen molar-refractivity contribution in [3.8, 4) is 11.1 Å². The molecule has 0 amide bonds. The smallest absolute Gasteiger partial charge is 0.306 e. The number of carbonyl (C=O) groups is 2. The number of hydrogen-bond acceptors (Lipinski definition) is 4. The molecule has 1 saturated heterocycles. The Balaban J connectivity index is 1.35. The van der Waals surface area contributed by atoms with Gasteiger partial charge in [0.2, 0.25) is 0 Å². The Morgan fingerprint density at radius 3 is 1.98 bits per heavy atom. The van der Waals surface area contributed by atoms with Crippen LogP contribution in [0.25, 0.3) is 11.1 Å². The van der Waals surface area contributed by atoms with Crippen molar-refractivity contribution in [3.63, 3.8) is 0 Å². The van der Waals surface area contributed by atoms with Gasteiger partial charge in [-0.3, -0.25) is 9.59 Å². The van der Waals surface area contributed by atoms with Gasteiger partial charge in [-0.1, -0.05) is 97.8 Å². The van der Waals surface area contributed by atoms with E-state index in [9.17, 15) is 14.0 Å². The fourth-order valence-electron chi connectivity index (χ4n) is 5.93. The number of likely N-dealkylation sites (tertiary alicyclic amines) is 1. The van der Waals surface area contributed by atoms with Crippen molar-refractivity contribution in [2.45, 2.75) is 89.6 Å². The summed E-state index contributed by atoms with van der Waals surface area (Å²) in [5.41, 5.74) is 3.23. The minimum Gasteiger partial charge on any atom is -0.454 e. The van der Waals surface area contributed by atoms with Crippen molar-refractivity contribution >= 4 is 27.7 Å². The third-order valence-corrected chi connectivity index (χ3v) is 9.12. The van der Waals surface area contributed by atoms with E-state index in [2.05, 4.69) is 64.2 Å². The summed E-state index contributed by atoms with van der Waals surface area (Å²) in [5.74, 6) is -0.403. The third-order valence-electron chi connectivity index (χ3n) is 8.59. The van der Waals surface area contributed by atoms with Gasteiger partial charge in [0.15, 0.2) is 5.78 Å². The van der Waals surface area contributed by atoms with Crippen LogP contribution >= 0.6 is 15.9 Å². The number of hydrogen-bond donors (Lipinski definition) is 0. The highest BCUT2D eigenvalue weighted by Crippen LogP contribution is 2.38. The van der Waals surface area contributed by atoms with E-state index in [0.717, 1.165) is 72.9 Å². The second-order valence-electron chi connectivity index (χ2n) is 11.8. The predicted molar refractivity (Wildman–Crippen MR) is 176 cm³/mol. The minimum atomic E-state index is -0.642. The van der Waals surface area contributed by atoms with Crippen LogP contribution < -0.4 is 0 Å². The van der Waals surface area contributed by atoms with Gasteiger partial charge in [-0.05, 0) is 72.5 Å². The van der Waals surface area contributed by atoms with Gasteiger partial charge < -0.3 is 9.64 Å². The second-order valence-corrected chi connectivity index (χ2v) is 12.7. The van der Waals surface area contributed by atoms with Crippen molar-refractivity contribution in [1.82, 2.24) is 4.90 Å². The molecule has 0 saturated carbocycles. The zero-order valence-electron chi connectivity index (χ0n) is 25.5. The topological polar surface area (TPSA) is 46.6 Å². The number of benzene rings is 3. The van der Waals surface area contributed by atoms with Crippen LogP contribution in [0.2, 0.25) is 0 Å². The first-order valence-corrected chi connectivity index (χ1v) is 16.8. The molecule has 0 radical (unpaired) electrons. The quantitative estimate of drug-likeness (QED) is 0.0880. The zero-order chi connectivity index (χ0) is 30.5. The molecule has 0 unspecified atom stereocenters. The summed E-state index contributed by atoms with van der Waals surface area (Å²) >= 11 is 3.51. The second kappa shape index (κ2) is 16.9. The van der Waals surface area contributed by atoms with Crippen LogP contribution in [-0.4, -0.2) is 36.3 Å². The fourth-order valence-corrected chi connectivity index (χ4v) is 6.20. The van der Waals surface area contributed by atoms with Crippen molar-refractivity contribution in [2.24, 2.45) is 0 Å². The number of ether oxygens (including phenoxy) is 1. The van der Waals surface area contributed by atoms with Gasteiger partial charge >= 0.3 is 5.97 Å². The van der Waals surface area contributed by atoms with Crippen molar-refractivity contribution in [2.75, 3.05) is 19.6 Å². The Labute approximate surface area is 265 Å². The highest BCUT2D eigenvalue weighted by atomic mass is 79.9. The molecule has 3 aromatic rings. The highest BCUT2D eigenvalue weighted by Gasteiger charge is 2.39. The van der Waals surface area contributed by atoms with Crippen LogP contribution in [0.4, 0.5) is 4.39 Å². The van der Waals surface area contributed by atoms with Crippen LogP contribution in [-0.2, 0) is 15.1 Å². The first kappa shape index (κ1) is 33.1. The zero-order valence-corrected chi connectivity index (χ0v) is 27.0.